The van der Waals surface area contributed by atoms with Crippen molar-refractivity contribution in [2.45, 2.75) is 31.8 Å². The Morgan fingerprint density at radius 3 is 2.89 bits per heavy atom. The van der Waals surface area contributed by atoms with E-state index in [1.807, 2.05) is 18.2 Å². The Labute approximate surface area is 113 Å². The van der Waals surface area contributed by atoms with Crippen LogP contribution in [0.15, 0.2) is 18.2 Å². The summed E-state index contributed by atoms with van der Waals surface area (Å²) in [6.45, 7) is 1.69. The lowest BCUT2D eigenvalue weighted by Gasteiger charge is -2.16. The van der Waals surface area contributed by atoms with Crippen LogP contribution in [0, 0.1) is 0 Å². The standard InChI is InChI=1S/C13H18N2O2.ClH/c1-8(14)13(16)15-11-7-6-10-9(11)4-3-5-12(10)17-2;/h3-5,8,11H,6-7,14H2,1-2H3,(H,15,16);1H/t8-,11?;/m0./s1. The van der Waals surface area contributed by atoms with Gasteiger partial charge in [0.25, 0.3) is 0 Å². The molecule has 1 aliphatic rings. The van der Waals surface area contributed by atoms with E-state index in [0.29, 0.717) is 0 Å². The van der Waals surface area contributed by atoms with Crippen LogP contribution in [0.4, 0.5) is 0 Å². The molecular weight excluding hydrogens is 252 g/mol. The number of fused-ring (bicyclic) bond motifs is 1. The van der Waals surface area contributed by atoms with Gasteiger partial charge in [0.15, 0.2) is 0 Å². The minimum absolute atomic E-state index is 0. The highest BCUT2D eigenvalue weighted by Crippen LogP contribution is 2.36. The van der Waals surface area contributed by atoms with Crippen molar-refractivity contribution in [1.82, 2.24) is 5.32 Å². The van der Waals surface area contributed by atoms with E-state index in [2.05, 4.69) is 5.32 Å². The van der Waals surface area contributed by atoms with Gasteiger partial charge in [-0.3, -0.25) is 4.79 Å². The SMILES string of the molecule is COc1cccc2c1CCC2NC(=O)[C@H](C)N.Cl. The second-order valence-corrected chi connectivity index (χ2v) is 4.42. The topological polar surface area (TPSA) is 64.3 Å². The summed E-state index contributed by atoms with van der Waals surface area (Å²) in [5.74, 6) is 0.797. The molecule has 0 saturated heterocycles. The Morgan fingerprint density at radius 2 is 2.28 bits per heavy atom. The van der Waals surface area contributed by atoms with Crippen molar-refractivity contribution in [3.8, 4) is 5.75 Å². The fourth-order valence-electron chi connectivity index (χ4n) is 2.27. The van der Waals surface area contributed by atoms with Crippen LogP contribution in [0.3, 0.4) is 0 Å². The maximum Gasteiger partial charge on any atom is 0.237 e. The summed E-state index contributed by atoms with van der Waals surface area (Å²) in [6, 6.07) is 5.54. The molecule has 0 fully saturated rings. The third-order valence-corrected chi connectivity index (χ3v) is 3.18. The Morgan fingerprint density at radius 1 is 1.56 bits per heavy atom. The van der Waals surface area contributed by atoms with Gasteiger partial charge >= 0.3 is 0 Å². The van der Waals surface area contributed by atoms with Gasteiger partial charge in [0.2, 0.25) is 5.91 Å². The molecule has 0 bridgehead atoms. The van der Waals surface area contributed by atoms with E-state index in [0.717, 1.165) is 24.2 Å². The molecule has 2 rings (SSSR count). The van der Waals surface area contributed by atoms with Crippen molar-refractivity contribution in [1.29, 1.82) is 0 Å². The van der Waals surface area contributed by atoms with Crippen LogP contribution in [0.2, 0.25) is 0 Å². The van der Waals surface area contributed by atoms with Gasteiger partial charge in [-0.2, -0.15) is 0 Å². The zero-order valence-corrected chi connectivity index (χ0v) is 11.4. The fourth-order valence-corrected chi connectivity index (χ4v) is 2.27. The molecule has 1 aliphatic carbocycles. The second kappa shape index (κ2) is 6.07. The summed E-state index contributed by atoms with van der Waals surface area (Å²) >= 11 is 0. The third-order valence-electron chi connectivity index (χ3n) is 3.18. The quantitative estimate of drug-likeness (QED) is 0.876. The molecule has 0 saturated carbocycles. The average molecular weight is 271 g/mol. The molecule has 5 heteroatoms. The molecular formula is C13H19ClN2O2. The number of amides is 1. The highest BCUT2D eigenvalue weighted by molar-refractivity contribution is 5.85. The molecule has 1 aromatic rings. The van der Waals surface area contributed by atoms with Crippen molar-refractivity contribution in [3.05, 3.63) is 29.3 Å². The molecule has 0 heterocycles. The molecule has 18 heavy (non-hydrogen) atoms. The van der Waals surface area contributed by atoms with Crippen molar-refractivity contribution in [3.63, 3.8) is 0 Å². The summed E-state index contributed by atoms with van der Waals surface area (Å²) in [4.78, 5) is 11.6. The first-order valence-electron chi connectivity index (χ1n) is 5.85. The lowest BCUT2D eigenvalue weighted by Crippen LogP contribution is -2.39. The average Bonchev–Trinajstić information content (AvgIpc) is 2.72. The van der Waals surface area contributed by atoms with Gasteiger partial charge in [-0.1, -0.05) is 12.1 Å². The summed E-state index contributed by atoms with van der Waals surface area (Å²) in [5.41, 5.74) is 7.90. The number of nitrogens with two attached hydrogens (primary N) is 1. The minimum atomic E-state index is -0.468. The van der Waals surface area contributed by atoms with Crippen LogP contribution in [0.5, 0.6) is 5.75 Å². The summed E-state index contributed by atoms with van der Waals surface area (Å²) in [5, 5.41) is 2.97. The highest BCUT2D eigenvalue weighted by Gasteiger charge is 2.26. The summed E-state index contributed by atoms with van der Waals surface area (Å²) < 4.78 is 5.32. The first-order chi connectivity index (χ1) is 8.13. The number of hydrogen-bond acceptors (Lipinski definition) is 3. The number of ether oxygens (including phenoxy) is 1. The van der Waals surface area contributed by atoms with Crippen LogP contribution in [-0.4, -0.2) is 19.1 Å². The number of carbonyl (C=O) groups excluding carboxylic acids is 1. The molecule has 100 valence electrons. The highest BCUT2D eigenvalue weighted by atomic mass is 35.5. The van der Waals surface area contributed by atoms with E-state index in [4.69, 9.17) is 10.5 Å². The fraction of sp³-hybridized carbons (Fsp3) is 0.462. The molecule has 0 aliphatic heterocycles. The van der Waals surface area contributed by atoms with Gasteiger partial charge in [-0.15, -0.1) is 12.4 Å². The number of halogens is 1. The molecule has 0 radical (unpaired) electrons. The Kier molecular flexibility index (Phi) is 4.99. The largest absolute Gasteiger partial charge is 0.496 e. The molecule has 0 spiro atoms. The maximum atomic E-state index is 11.6. The van der Waals surface area contributed by atoms with Gasteiger partial charge in [-0.25, -0.2) is 0 Å². The van der Waals surface area contributed by atoms with Crippen LogP contribution in [0.25, 0.3) is 0 Å². The van der Waals surface area contributed by atoms with Gasteiger partial charge in [0.1, 0.15) is 5.75 Å². The number of rotatable bonds is 3. The van der Waals surface area contributed by atoms with Crippen LogP contribution < -0.4 is 15.8 Å². The number of hydrogen-bond donors (Lipinski definition) is 2. The first-order valence-corrected chi connectivity index (χ1v) is 5.85. The predicted octanol–water partition coefficient (Wildman–Crippen LogP) is 1.57. The van der Waals surface area contributed by atoms with E-state index in [1.165, 1.54) is 5.56 Å². The maximum absolute atomic E-state index is 11.6. The van der Waals surface area contributed by atoms with E-state index in [9.17, 15) is 4.79 Å². The number of carbonyl (C=O) groups is 1. The lowest BCUT2D eigenvalue weighted by atomic mass is 10.1. The van der Waals surface area contributed by atoms with E-state index < -0.39 is 6.04 Å². The Balaban J connectivity index is 0.00000162. The van der Waals surface area contributed by atoms with Gasteiger partial charge in [-0.05, 0) is 37.0 Å². The molecule has 2 atom stereocenters. The summed E-state index contributed by atoms with van der Waals surface area (Å²) in [6.07, 6.45) is 1.84. The predicted molar refractivity (Wildman–Crippen MR) is 73.1 cm³/mol. The van der Waals surface area contributed by atoms with Gasteiger partial charge < -0.3 is 15.8 Å². The first kappa shape index (κ1) is 14.8. The van der Waals surface area contributed by atoms with E-state index >= 15 is 0 Å². The second-order valence-electron chi connectivity index (χ2n) is 4.42. The monoisotopic (exact) mass is 270 g/mol. The molecule has 4 nitrogen and oxygen atoms in total. The van der Waals surface area contributed by atoms with Gasteiger partial charge in [0.05, 0.1) is 19.2 Å². The van der Waals surface area contributed by atoms with Crippen molar-refractivity contribution in [2.24, 2.45) is 5.73 Å². The van der Waals surface area contributed by atoms with Gasteiger partial charge in [0, 0.05) is 0 Å². The Hall–Kier alpha value is -1.26. The van der Waals surface area contributed by atoms with Crippen LogP contribution >= 0.6 is 12.4 Å². The van der Waals surface area contributed by atoms with E-state index in [1.54, 1.807) is 14.0 Å². The molecule has 1 amide bonds. The third kappa shape index (κ3) is 2.76. The minimum Gasteiger partial charge on any atom is -0.496 e. The smallest absolute Gasteiger partial charge is 0.237 e. The van der Waals surface area contributed by atoms with E-state index in [-0.39, 0.29) is 24.4 Å². The lowest BCUT2D eigenvalue weighted by molar-refractivity contribution is -0.122. The van der Waals surface area contributed by atoms with Crippen molar-refractivity contribution < 1.29 is 9.53 Å². The van der Waals surface area contributed by atoms with Crippen molar-refractivity contribution >= 4 is 18.3 Å². The summed E-state index contributed by atoms with van der Waals surface area (Å²) in [7, 11) is 1.67. The molecule has 3 N–H and O–H groups in total. The molecule has 1 unspecified atom stereocenters. The van der Waals surface area contributed by atoms with Crippen LogP contribution in [0.1, 0.15) is 30.5 Å². The van der Waals surface area contributed by atoms with Crippen LogP contribution in [-0.2, 0) is 11.2 Å². The number of nitrogens with one attached hydrogen (secondary N) is 1. The zero-order chi connectivity index (χ0) is 12.4. The normalized spacial score (nSPS) is 18.5. The molecule has 1 aromatic carbocycles. The molecule has 0 aromatic heterocycles. The van der Waals surface area contributed by atoms with Crippen molar-refractivity contribution in [2.75, 3.05) is 7.11 Å². The zero-order valence-electron chi connectivity index (χ0n) is 10.6. The number of benzene rings is 1. The Bertz CT molecular complexity index is 435. The number of methoxy groups -OCH3 is 1.